The molecular weight excluding hydrogens is 220 g/mol. The Hall–Kier alpha value is -1.20. The van der Waals surface area contributed by atoms with E-state index in [1.807, 2.05) is 25.7 Å². The van der Waals surface area contributed by atoms with Crippen molar-refractivity contribution in [3.63, 3.8) is 0 Å². The predicted molar refractivity (Wildman–Crippen MR) is 66.6 cm³/mol. The van der Waals surface area contributed by atoms with Crippen LogP contribution in [0.3, 0.4) is 0 Å². The molecule has 0 aliphatic carbocycles. The fraction of sp³-hybridized carbons (Fsp3) is 0.455. The molecule has 1 N–H and O–H groups in total. The molecule has 0 amide bonds. The molecule has 86 valence electrons. The first-order valence-corrected chi connectivity index (χ1v) is 6.11. The number of hydrogen-bond acceptors (Lipinski definition) is 4. The highest BCUT2D eigenvalue weighted by Crippen LogP contribution is 2.27. The second-order valence-corrected chi connectivity index (χ2v) is 4.77. The molecule has 16 heavy (non-hydrogen) atoms. The Morgan fingerprint density at radius 3 is 2.75 bits per heavy atom. The lowest BCUT2D eigenvalue weighted by atomic mass is 10.1. The van der Waals surface area contributed by atoms with Crippen molar-refractivity contribution in [2.24, 2.45) is 7.05 Å². The van der Waals surface area contributed by atoms with Crippen LogP contribution < -0.4 is 5.32 Å². The maximum absolute atomic E-state index is 4.61. The number of nitrogens with one attached hydrogen (secondary N) is 1. The first-order chi connectivity index (χ1) is 7.63. The summed E-state index contributed by atoms with van der Waals surface area (Å²) in [5.74, 6) is 0. The molecular formula is C11H16N4S. The van der Waals surface area contributed by atoms with Gasteiger partial charge in [0.15, 0.2) is 0 Å². The predicted octanol–water partition coefficient (Wildman–Crippen LogP) is 1.88. The third kappa shape index (κ3) is 1.88. The Labute approximate surface area is 99.3 Å². The van der Waals surface area contributed by atoms with Gasteiger partial charge >= 0.3 is 0 Å². The lowest BCUT2D eigenvalue weighted by molar-refractivity contribution is 0.731. The summed E-state index contributed by atoms with van der Waals surface area (Å²) in [4.78, 5) is 4.61. The van der Waals surface area contributed by atoms with Crippen molar-refractivity contribution in [1.82, 2.24) is 20.1 Å². The van der Waals surface area contributed by atoms with Crippen molar-refractivity contribution in [1.29, 1.82) is 0 Å². The van der Waals surface area contributed by atoms with Crippen LogP contribution in [0.4, 0.5) is 0 Å². The Kier molecular flexibility index (Phi) is 3.07. The Morgan fingerprint density at radius 1 is 1.44 bits per heavy atom. The maximum atomic E-state index is 4.61. The van der Waals surface area contributed by atoms with Gasteiger partial charge in [0.2, 0.25) is 0 Å². The Morgan fingerprint density at radius 2 is 2.19 bits per heavy atom. The van der Waals surface area contributed by atoms with Crippen molar-refractivity contribution >= 4 is 11.3 Å². The van der Waals surface area contributed by atoms with E-state index in [9.17, 15) is 0 Å². The summed E-state index contributed by atoms with van der Waals surface area (Å²) in [7, 11) is 3.90. The van der Waals surface area contributed by atoms with Crippen molar-refractivity contribution in [2.45, 2.75) is 20.4 Å². The van der Waals surface area contributed by atoms with E-state index in [0.717, 1.165) is 22.9 Å². The van der Waals surface area contributed by atoms with Gasteiger partial charge in [-0.15, -0.1) is 11.3 Å². The number of rotatable bonds is 3. The molecule has 2 aromatic rings. The summed E-state index contributed by atoms with van der Waals surface area (Å²) in [6, 6.07) is 0. The van der Waals surface area contributed by atoms with E-state index in [1.165, 1.54) is 11.3 Å². The topological polar surface area (TPSA) is 42.7 Å². The summed E-state index contributed by atoms with van der Waals surface area (Å²) in [5, 5.41) is 10.7. The van der Waals surface area contributed by atoms with Crippen LogP contribution in [0.1, 0.15) is 16.4 Å². The van der Waals surface area contributed by atoms with Crippen molar-refractivity contribution in [3.05, 3.63) is 21.8 Å². The average Bonchev–Trinajstić information content (AvgIpc) is 2.75. The van der Waals surface area contributed by atoms with Crippen molar-refractivity contribution < 1.29 is 0 Å². The van der Waals surface area contributed by atoms with Gasteiger partial charge in [0.25, 0.3) is 0 Å². The highest BCUT2D eigenvalue weighted by Gasteiger charge is 2.14. The molecule has 0 saturated heterocycles. The summed E-state index contributed by atoms with van der Waals surface area (Å²) < 4.78 is 1.90. The van der Waals surface area contributed by atoms with Crippen LogP contribution in [0, 0.1) is 13.8 Å². The lowest BCUT2D eigenvalue weighted by Gasteiger charge is -1.97. The van der Waals surface area contributed by atoms with Gasteiger partial charge in [-0.05, 0) is 20.9 Å². The molecule has 0 fully saturated rings. The monoisotopic (exact) mass is 236 g/mol. The van der Waals surface area contributed by atoms with Crippen LogP contribution in [0.5, 0.6) is 0 Å². The van der Waals surface area contributed by atoms with E-state index in [-0.39, 0.29) is 0 Å². The standard InChI is InChI=1S/C11H16N4S/c1-7-11(8(2)15(4)14-7)9-6-16-10(13-9)5-12-3/h6,12H,5H2,1-4H3. The highest BCUT2D eigenvalue weighted by molar-refractivity contribution is 7.09. The Bertz CT molecular complexity index is 498. The minimum atomic E-state index is 0.822. The van der Waals surface area contributed by atoms with E-state index in [0.29, 0.717) is 0 Å². The lowest BCUT2D eigenvalue weighted by Crippen LogP contribution is -2.04. The van der Waals surface area contributed by atoms with Gasteiger partial charge in [0.05, 0.1) is 11.4 Å². The van der Waals surface area contributed by atoms with E-state index in [2.05, 4.69) is 27.7 Å². The van der Waals surface area contributed by atoms with Crippen molar-refractivity contribution in [3.8, 4) is 11.3 Å². The van der Waals surface area contributed by atoms with Gasteiger partial charge in [0, 0.05) is 30.2 Å². The van der Waals surface area contributed by atoms with Crippen LogP contribution in [-0.2, 0) is 13.6 Å². The summed E-state index contributed by atoms with van der Waals surface area (Å²) in [6.45, 7) is 4.93. The molecule has 5 heteroatoms. The normalized spacial score (nSPS) is 11.0. The maximum Gasteiger partial charge on any atom is 0.107 e. The largest absolute Gasteiger partial charge is 0.314 e. The van der Waals surface area contributed by atoms with Gasteiger partial charge in [-0.25, -0.2) is 4.98 Å². The molecule has 0 radical (unpaired) electrons. The third-order valence-corrected chi connectivity index (χ3v) is 3.49. The molecule has 0 atom stereocenters. The van der Waals surface area contributed by atoms with Crippen LogP contribution in [0.2, 0.25) is 0 Å². The number of hydrogen-bond donors (Lipinski definition) is 1. The van der Waals surface area contributed by atoms with Gasteiger partial charge in [-0.1, -0.05) is 0 Å². The number of thiazole rings is 1. The van der Waals surface area contributed by atoms with Crippen molar-refractivity contribution in [2.75, 3.05) is 7.05 Å². The zero-order valence-electron chi connectivity index (χ0n) is 10.0. The second-order valence-electron chi connectivity index (χ2n) is 3.83. The van der Waals surface area contributed by atoms with E-state index in [1.54, 1.807) is 11.3 Å². The van der Waals surface area contributed by atoms with E-state index in [4.69, 9.17) is 0 Å². The zero-order valence-corrected chi connectivity index (χ0v) is 10.9. The molecule has 0 spiro atoms. The number of nitrogens with zero attached hydrogens (tertiary/aromatic N) is 3. The minimum Gasteiger partial charge on any atom is -0.314 e. The average molecular weight is 236 g/mol. The number of aromatic nitrogens is 3. The molecule has 4 nitrogen and oxygen atoms in total. The zero-order chi connectivity index (χ0) is 11.7. The molecule has 0 aliphatic rings. The van der Waals surface area contributed by atoms with Gasteiger partial charge in [-0.2, -0.15) is 5.10 Å². The van der Waals surface area contributed by atoms with Crippen LogP contribution in [0.25, 0.3) is 11.3 Å². The molecule has 0 bridgehead atoms. The molecule has 0 aliphatic heterocycles. The summed E-state index contributed by atoms with van der Waals surface area (Å²) in [5.41, 5.74) is 4.42. The third-order valence-electron chi connectivity index (χ3n) is 2.64. The van der Waals surface area contributed by atoms with Gasteiger partial charge < -0.3 is 5.32 Å². The fourth-order valence-corrected chi connectivity index (χ4v) is 2.60. The van der Waals surface area contributed by atoms with E-state index < -0.39 is 0 Å². The van der Waals surface area contributed by atoms with Gasteiger partial charge in [0.1, 0.15) is 5.01 Å². The smallest absolute Gasteiger partial charge is 0.107 e. The minimum absolute atomic E-state index is 0.822. The fourth-order valence-electron chi connectivity index (χ4n) is 1.80. The van der Waals surface area contributed by atoms with Gasteiger partial charge in [-0.3, -0.25) is 4.68 Å². The van der Waals surface area contributed by atoms with E-state index >= 15 is 0 Å². The molecule has 2 aromatic heterocycles. The molecule has 0 unspecified atom stereocenters. The van der Waals surface area contributed by atoms with Crippen LogP contribution in [0.15, 0.2) is 5.38 Å². The first kappa shape index (κ1) is 11.3. The quantitative estimate of drug-likeness (QED) is 0.885. The molecule has 2 heterocycles. The Balaban J connectivity index is 2.42. The highest BCUT2D eigenvalue weighted by atomic mass is 32.1. The molecule has 0 saturated carbocycles. The van der Waals surface area contributed by atoms with Crippen LogP contribution in [-0.4, -0.2) is 21.8 Å². The molecule has 2 rings (SSSR count). The summed E-state index contributed by atoms with van der Waals surface area (Å²) >= 11 is 1.68. The first-order valence-electron chi connectivity index (χ1n) is 5.23. The SMILES string of the molecule is CNCc1nc(-c2c(C)nn(C)c2C)cs1. The number of aryl methyl sites for hydroxylation is 2. The molecule has 0 aromatic carbocycles. The second kappa shape index (κ2) is 4.35. The van der Waals surface area contributed by atoms with Crippen LogP contribution >= 0.6 is 11.3 Å². The summed E-state index contributed by atoms with van der Waals surface area (Å²) in [6.07, 6.45) is 0.